The topological polar surface area (TPSA) is 130 Å². The van der Waals surface area contributed by atoms with Crippen LogP contribution >= 0.6 is 12.4 Å². The van der Waals surface area contributed by atoms with Gasteiger partial charge in [0, 0.05) is 11.3 Å². The maximum Gasteiger partial charge on any atom is 0.249 e. The third-order valence-corrected chi connectivity index (χ3v) is 6.19. The number of aromatic amines is 1. The van der Waals surface area contributed by atoms with Crippen molar-refractivity contribution in [3.63, 3.8) is 0 Å². The number of nitrogens with zero attached hydrogens (tertiary/aromatic N) is 4. The van der Waals surface area contributed by atoms with Crippen LogP contribution in [-0.2, 0) is 22.6 Å². The van der Waals surface area contributed by atoms with Crippen molar-refractivity contribution in [3.05, 3.63) is 83.9 Å². The normalized spacial score (nSPS) is 15.0. The summed E-state index contributed by atoms with van der Waals surface area (Å²) in [7, 11) is 0. The first-order chi connectivity index (χ1) is 17.1. The van der Waals surface area contributed by atoms with Crippen molar-refractivity contribution in [2.75, 3.05) is 11.4 Å². The maximum atomic E-state index is 13.5. The largest absolute Gasteiger partial charge is 0.343 e. The van der Waals surface area contributed by atoms with E-state index in [1.54, 1.807) is 4.90 Å². The number of hydrogen-bond acceptors (Lipinski definition) is 6. The van der Waals surface area contributed by atoms with Gasteiger partial charge in [-0.3, -0.25) is 9.59 Å². The number of carbonyl (C=O) groups is 2. The van der Waals surface area contributed by atoms with E-state index in [-0.39, 0.29) is 30.8 Å². The summed E-state index contributed by atoms with van der Waals surface area (Å²) in [4.78, 5) is 27.2. The molecule has 36 heavy (non-hydrogen) atoms. The lowest BCUT2D eigenvalue weighted by Crippen LogP contribution is -2.49. The molecule has 0 spiro atoms. The van der Waals surface area contributed by atoms with E-state index in [0.29, 0.717) is 25.2 Å². The highest BCUT2D eigenvalue weighted by atomic mass is 35.5. The molecule has 1 atom stereocenters. The smallest absolute Gasteiger partial charge is 0.249 e. The monoisotopic (exact) mass is 503 g/mol. The molecule has 1 unspecified atom stereocenters. The molecule has 0 saturated heterocycles. The molecule has 184 valence electrons. The van der Waals surface area contributed by atoms with E-state index in [0.717, 1.165) is 33.5 Å². The van der Waals surface area contributed by atoms with Gasteiger partial charge in [-0.1, -0.05) is 66.7 Å². The number of amides is 2. The summed E-state index contributed by atoms with van der Waals surface area (Å²) in [5, 5.41) is 17.2. The number of carbonyl (C=O) groups excluding carboxylic acids is 2. The van der Waals surface area contributed by atoms with Crippen molar-refractivity contribution in [1.82, 2.24) is 25.9 Å². The number of tetrazole rings is 1. The van der Waals surface area contributed by atoms with Crippen LogP contribution in [0.2, 0.25) is 0 Å². The Morgan fingerprint density at radius 1 is 1.03 bits per heavy atom. The van der Waals surface area contributed by atoms with Gasteiger partial charge in [0.25, 0.3) is 0 Å². The Morgan fingerprint density at radius 3 is 2.47 bits per heavy atom. The molecule has 4 N–H and O–H groups in total. The fourth-order valence-corrected chi connectivity index (χ4v) is 4.44. The lowest BCUT2D eigenvalue weighted by molar-refractivity contribution is -0.127. The van der Waals surface area contributed by atoms with Crippen molar-refractivity contribution >= 4 is 29.9 Å². The standard InChI is InChI=1S/C26H25N7O2.ClH/c27-15-24(34)28-22-14-13-19-5-1-4-8-23(19)33(26(22)35)16-17-9-11-18(12-10-17)20-6-2-3-7-21(20)25-29-31-32-30-25;/h1-12,22H,13-16,27H2,(H,28,34)(H,29,30,31,32);1H. The number of fused-ring (bicyclic) bond motifs is 1. The Bertz CT molecular complexity index is 1340. The Morgan fingerprint density at radius 2 is 1.75 bits per heavy atom. The zero-order valence-corrected chi connectivity index (χ0v) is 20.2. The fourth-order valence-electron chi connectivity index (χ4n) is 4.44. The summed E-state index contributed by atoms with van der Waals surface area (Å²) in [5.74, 6) is 0.0594. The maximum absolute atomic E-state index is 13.5. The first-order valence-electron chi connectivity index (χ1n) is 11.4. The number of para-hydroxylation sites is 1. The molecular formula is C26H26ClN7O2. The first kappa shape index (κ1) is 25.0. The highest BCUT2D eigenvalue weighted by Crippen LogP contribution is 2.31. The summed E-state index contributed by atoms with van der Waals surface area (Å²) in [6.45, 7) is 0.237. The predicted molar refractivity (Wildman–Crippen MR) is 139 cm³/mol. The van der Waals surface area contributed by atoms with E-state index in [2.05, 4.69) is 25.9 Å². The van der Waals surface area contributed by atoms with Crippen LogP contribution < -0.4 is 16.0 Å². The summed E-state index contributed by atoms with van der Waals surface area (Å²) in [5.41, 5.74) is 11.3. The molecule has 1 aromatic heterocycles. The van der Waals surface area contributed by atoms with E-state index in [4.69, 9.17) is 5.73 Å². The van der Waals surface area contributed by atoms with Crippen molar-refractivity contribution in [2.45, 2.75) is 25.4 Å². The van der Waals surface area contributed by atoms with Crippen LogP contribution in [0.1, 0.15) is 17.5 Å². The molecule has 1 aliphatic heterocycles. The van der Waals surface area contributed by atoms with Crippen molar-refractivity contribution in [3.8, 4) is 22.5 Å². The second-order valence-electron chi connectivity index (χ2n) is 8.39. The Balaban J connectivity index is 0.00000304. The van der Waals surface area contributed by atoms with Gasteiger partial charge in [0.05, 0.1) is 13.1 Å². The number of aryl methyl sites for hydroxylation is 1. The lowest BCUT2D eigenvalue weighted by Gasteiger charge is -2.26. The molecule has 0 radical (unpaired) electrons. The highest BCUT2D eigenvalue weighted by molar-refractivity contribution is 6.00. The molecule has 0 saturated carbocycles. The average molecular weight is 504 g/mol. The third-order valence-electron chi connectivity index (χ3n) is 6.19. The molecule has 10 heteroatoms. The van der Waals surface area contributed by atoms with Gasteiger partial charge < -0.3 is 16.0 Å². The van der Waals surface area contributed by atoms with Gasteiger partial charge in [-0.05, 0) is 46.4 Å². The number of nitrogens with two attached hydrogens (primary N) is 1. The summed E-state index contributed by atoms with van der Waals surface area (Å²) in [6, 6.07) is 23.2. The Kier molecular flexibility index (Phi) is 7.72. The molecule has 2 amide bonds. The van der Waals surface area contributed by atoms with Crippen molar-refractivity contribution < 1.29 is 9.59 Å². The molecule has 0 fully saturated rings. The summed E-state index contributed by atoms with van der Waals surface area (Å²) < 4.78 is 0. The minimum atomic E-state index is -0.612. The second kappa shape index (κ2) is 11.1. The highest BCUT2D eigenvalue weighted by Gasteiger charge is 2.31. The number of aromatic nitrogens is 4. The third kappa shape index (κ3) is 5.12. The molecule has 5 rings (SSSR count). The van der Waals surface area contributed by atoms with Crippen LogP contribution in [-0.4, -0.2) is 45.0 Å². The minimum Gasteiger partial charge on any atom is -0.343 e. The van der Waals surface area contributed by atoms with Crippen LogP contribution in [0.25, 0.3) is 22.5 Å². The molecule has 3 aromatic carbocycles. The van der Waals surface area contributed by atoms with Gasteiger partial charge in [-0.2, -0.15) is 5.21 Å². The summed E-state index contributed by atoms with van der Waals surface area (Å²) >= 11 is 0. The molecular weight excluding hydrogens is 478 g/mol. The van der Waals surface area contributed by atoms with E-state index in [9.17, 15) is 9.59 Å². The van der Waals surface area contributed by atoms with Gasteiger partial charge in [0.1, 0.15) is 6.04 Å². The molecule has 2 heterocycles. The predicted octanol–water partition coefficient (Wildman–Crippen LogP) is 2.88. The lowest BCUT2D eigenvalue weighted by atomic mass is 9.98. The van der Waals surface area contributed by atoms with Crippen LogP contribution in [0.3, 0.4) is 0 Å². The minimum absolute atomic E-state index is 0. The van der Waals surface area contributed by atoms with Crippen molar-refractivity contribution in [1.29, 1.82) is 0 Å². The van der Waals surface area contributed by atoms with E-state index in [1.807, 2.05) is 72.8 Å². The van der Waals surface area contributed by atoms with Crippen LogP contribution in [0.5, 0.6) is 0 Å². The molecule has 4 aromatic rings. The molecule has 0 aliphatic carbocycles. The van der Waals surface area contributed by atoms with Gasteiger partial charge in [-0.25, -0.2) is 0 Å². The Labute approximate surface area is 214 Å². The van der Waals surface area contributed by atoms with E-state index in [1.165, 1.54) is 0 Å². The van der Waals surface area contributed by atoms with Gasteiger partial charge in [0.2, 0.25) is 17.6 Å². The zero-order valence-electron chi connectivity index (χ0n) is 19.4. The van der Waals surface area contributed by atoms with E-state index >= 15 is 0 Å². The van der Waals surface area contributed by atoms with E-state index < -0.39 is 6.04 Å². The Hall–Kier alpha value is -4.08. The molecule has 1 aliphatic rings. The average Bonchev–Trinajstić information content (AvgIpc) is 3.41. The molecule has 9 nitrogen and oxygen atoms in total. The number of halogens is 1. The van der Waals surface area contributed by atoms with Gasteiger partial charge in [0.15, 0.2) is 0 Å². The van der Waals surface area contributed by atoms with Crippen LogP contribution in [0, 0.1) is 0 Å². The number of anilines is 1. The second-order valence-corrected chi connectivity index (χ2v) is 8.39. The van der Waals surface area contributed by atoms with Gasteiger partial charge in [-0.15, -0.1) is 22.6 Å². The zero-order chi connectivity index (χ0) is 24.2. The first-order valence-corrected chi connectivity index (χ1v) is 11.4. The van der Waals surface area contributed by atoms with Gasteiger partial charge >= 0.3 is 0 Å². The van der Waals surface area contributed by atoms with Crippen LogP contribution in [0.4, 0.5) is 5.69 Å². The number of H-pyrrole nitrogens is 1. The number of nitrogens with one attached hydrogen (secondary N) is 2. The SMILES string of the molecule is Cl.NCC(=O)NC1CCc2ccccc2N(Cc2ccc(-c3ccccc3-c3nn[nH]n3)cc2)C1=O. The number of benzene rings is 3. The number of hydrogen-bond donors (Lipinski definition) is 3. The van der Waals surface area contributed by atoms with Crippen molar-refractivity contribution in [2.24, 2.45) is 5.73 Å². The summed E-state index contributed by atoms with van der Waals surface area (Å²) in [6.07, 6.45) is 1.23. The molecule has 0 bridgehead atoms. The quantitative estimate of drug-likeness (QED) is 0.371. The number of rotatable bonds is 6. The fraction of sp³-hybridized carbons (Fsp3) is 0.192. The van der Waals surface area contributed by atoms with Crippen LogP contribution in [0.15, 0.2) is 72.8 Å².